The topological polar surface area (TPSA) is 123 Å². The van der Waals surface area contributed by atoms with Crippen molar-refractivity contribution >= 4 is 18.0 Å². The fourth-order valence-corrected chi connectivity index (χ4v) is 5.51. The van der Waals surface area contributed by atoms with Crippen LogP contribution in [-0.2, 0) is 30.4 Å². The standard InChI is InChI=1S/C32H34N2O7/c1-20(40-18-21-9-3-2-4-10-21)28(31(36)37)34-30(35)29-22(15-16-39-29)17-33-32(38)41-19-27-25-13-7-5-11-23(25)24-12-6-8-14-26(24)27/h2-14,20,22,27-29H,15-19H2,1H3,(H,33,38)(H,34,35)(H,36,37)/t20-,22+,28+,29+/m1/s1. The Balaban J connectivity index is 1.12. The van der Waals surface area contributed by atoms with Gasteiger partial charge in [0, 0.05) is 25.0 Å². The quantitative estimate of drug-likeness (QED) is 0.324. The molecule has 0 aromatic heterocycles. The van der Waals surface area contributed by atoms with Crippen molar-refractivity contribution < 1.29 is 33.7 Å². The molecule has 9 nitrogen and oxygen atoms in total. The van der Waals surface area contributed by atoms with Gasteiger partial charge in [0.2, 0.25) is 5.91 Å². The lowest BCUT2D eigenvalue weighted by Gasteiger charge is -2.25. The molecule has 2 amide bonds. The van der Waals surface area contributed by atoms with Crippen LogP contribution in [-0.4, -0.2) is 61.1 Å². The molecule has 3 aromatic rings. The first-order chi connectivity index (χ1) is 19.9. The maximum atomic E-state index is 13.0. The van der Waals surface area contributed by atoms with Crippen LogP contribution in [0.15, 0.2) is 78.9 Å². The summed E-state index contributed by atoms with van der Waals surface area (Å²) in [5.74, 6) is -2.14. The average Bonchev–Trinajstić information content (AvgIpc) is 3.59. The monoisotopic (exact) mass is 558 g/mol. The van der Waals surface area contributed by atoms with Gasteiger partial charge in [-0.25, -0.2) is 9.59 Å². The zero-order chi connectivity index (χ0) is 28.8. The van der Waals surface area contributed by atoms with Gasteiger partial charge in [0.15, 0.2) is 6.04 Å². The van der Waals surface area contributed by atoms with Crippen molar-refractivity contribution in [3.63, 3.8) is 0 Å². The van der Waals surface area contributed by atoms with Gasteiger partial charge < -0.3 is 30.0 Å². The van der Waals surface area contributed by atoms with Crippen LogP contribution in [0.25, 0.3) is 11.1 Å². The van der Waals surface area contributed by atoms with E-state index in [2.05, 4.69) is 34.9 Å². The van der Waals surface area contributed by atoms with Crippen LogP contribution in [0.3, 0.4) is 0 Å². The van der Waals surface area contributed by atoms with Crippen molar-refractivity contribution in [1.29, 1.82) is 0 Å². The van der Waals surface area contributed by atoms with Gasteiger partial charge in [-0.3, -0.25) is 4.79 Å². The van der Waals surface area contributed by atoms with Crippen LogP contribution in [0.5, 0.6) is 0 Å². The Hall–Kier alpha value is -4.21. The largest absolute Gasteiger partial charge is 0.480 e. The van der Waals surface area contributed by atoms with Crippen LogP contribution >= 0.6 is 0 Å². The number of carboxylic acids is 1. The number of ether oxygens (including phenoxy) is 3. The van der Waals surface area contributed by atoms with E-state index in [0.717, 1.165) is 27.8 Å². The molecule has 1 fully saturated rings. The fraction of sp³-hybridized carbons (Fsp3) is 0.344. The Labute approximate surface area is 238 Å². The molecule has 41 heavy (non-hydrogen) atoms. The number of aliphatic carboxylic acids is 1. The molecule has 1 heterocycles. The molecule has 5 rings (SSSR count). The molecule has 0 spiro atoms. The van der Waals surface area contributed by atoms with Crippen molar-refractivity contribution in [3.05, 3.63) is 95.6 Å². The lowest BCUT2D eigenvalue weighted by molar-refractivity contribution is -0.148. The number of hydrogen-bond acceptors (Lipinski definition) is 6. The number of amides is 2. The van der Waals surface area contributed by atoms with E-state index >= 15 is 0 Å². The molecule has 4 atom stereocenters. The van der Waals surface area contributed by atoms with E-state index in [0.29, 0.717) is 13.0 Å². The number of carbonyl (C=O) groups excluding carboxylic acids is 2. The second-order valence-corrected chi connectivity index (χ2v) is 10.4. The molecule has 1 aliphatic carbocycles. The summed E-state index contributed by atoms with van der Waals surface area (Å²) in [5, 5.41) is 15.1. The first-order valence-corrected chi connectivity index (χ1v) is 13.8. The van der Waals surface area contributed by atoms with E-state index in [1.165, 1.54) is 0 Å². The number of nitrogens with one attached hydrogen (secondary N) is 2. The molecule has 2 aliphatic rings. The van der Waals surface area contributed by atoms with Crippen molar-refractivity contribution in [2.24, 2.45) is 5.92 Å². The second-order valence-electron chi connectivity index (χ2n) is 10.4. The number of hydrogen-bond donors (Lipinski definition) is 3. The highest BCUT2D eigenvalue weighted by Gasteiger charge is 2.38. The van der Waals surface area contributed by atoms with Crippen LogP contribution in [0.4, 0.5) is 4.79 Å². The number of fused-ring (bicyclic) bond motifs is 3. The van der Waals surface area contributed by atoms with Crippen molar-refractivity contribution in [3.8, 4) is 11.1 Å². The fourth-order valence-electron chi connectivity index (χ4n) is 5.51. The minimum atomic E-state index is -1.26. The smallest absolute Gasteiger partial charge is 0.407 e. The van der Waals surface area contributed by atoms with E-state index in [1.807, 2.05) is 54.6 Å². The maximum Gasteiger partial charge on any atom is 0.407 e. The van der Waals surface area contributed by atoms with Gasteiger partial charge in [0.25, 0.3) is 0 Å². The van der Waals surface area contributed by atoms with Crippen molar-refractivity contribution in [1.82, 2.24) is 10.6 Å². The number of carbonyl (C=O) groups is 3. The minimum Gasteiger partial charge on any atom is -0.480 e. The summed E-state index contributed by atoms with van der Waals surface area (Å²) in [6.07, 6.45) is -1.72. The molecule has 0 bridgehead atoms. The van der Waals surface area contributed by atoms with Gasteiger partial charge in [-0.1, -0.05) is 78.9 Å². The molecule has 9 heteroatoms. The van der Waals surface area contributed by atoms with E-state index in [1.54, 1.807) is 6.92 Å². The molecular formula is C32H34N2O7. The zero-order valence-corrected chi connectivity index (χ0v) is 22.8. The van der Waals surface area contributed by atoms with Gasteiger partial charge in [0.05, 0.1) is 12.7 Å². The third-order valence-corrected chi connectivity index (χ3v) is 7.71. The maximum absolute atomic E-state index is 13.0. The predicted molar refractivity (Wildman–Crippen MR) is 151 cm³/mol. The molecule has 0 saturated carbocycles. The molecular weight excluding hydrogens is 524 g/mol. The molecule has 1 aliphatic heterocycles. The molecule has 0 radical (unpaired) electrons. The summed E-state index contributed by atoms with van der Waals surface area (Å²) in [7, 11) is 0. The lowest BCUT2D eigenvalue weighted by atomic mass is 9.98. The SMILES string of the molecule is C[C@@H](OCc1ccccc1)[C@H](NC(=O)[C@H]1OCC[C@H]1CNC(=O)OCC1c2ccccc2-c2ccccc21)C(=O)O. The third-order valence-electron chi connectivity index (χ3n) is 7.71. The lowest BCUT2D eigenvalue weighted by Crippen LogP contribution is -2.53. The highest BCUT2D eigenvalue weighted by atomic mass is 16.5. The molecule has 3 aromatic carbocycles. The van der Waals surface area contributed by atoms with Crippen LogP contribution in [0.1, 0.15) is 36.0 Å². The summed E-state index contributed by atoms with van der Waals surface area (Å²) >= 11 is 0. The van der Waals surface area contributed by atoms with E-state index in [4.69, 9.17) is 14.2 Å². The summed E-state index contributed by atoms with van der Waals surface area (Å²) in [6.45, 7) is 2.49. The average molecular weight is 559 g/mol. The Morgan fingerprint density at radius 1 is 0.951 bits per heavy atom. The highest BCUT2D eigenvalue weighted by molar-refractivity contribution is 5.87. The predicted octanol–water partition coefficient (Wildman–Crippen LogP) is 4.10. The van der Waals surface area contributed by atoms with Gasteiger partial charge in [-0.15, -0.1) is 0 Å². The van der Waals surface area contributed by atoms with Crippen molar-refractivity contribution in [2.45, 2.75) is 44.1 Å². The molecule has 214 valence electrons. The zero-order valence-electron chi connectivity index (χ0n) is 22.8. The van der Waals surface area contributed by atoms with Crippen LogP contribution in [0, 0.1) is 5.92 Å². The Kier molecular flexibility index (Phi) is 8.96. The Bertz CT molecular complexity index is 1330. The van der Waals surface area contributed by atoms with E-state index < -0.39 is 36.2 Å². The van der Waals surface area contributed by atoms with Gasteiger partial charge in [-0.2, -0.15) is 0 Å². The first-order valence-electron chi connectivity index (χ1n) is 13.8. The first kappa shape index (κ1) is 28.3. The molecule has 1 saturated heterocycles. The van der Waals surface area contributed by atoms with Gasteiger partial charge in [-0.05, 0) is 41.2 Å². The van der Waals surface area contributed by atoms with Gasteiger partial charge >= 0.3 is 12.1 Å². The summed E-state index contributed by atoms with van der Waals surface area (Å²) < 4.78 is 17.0. The third kappa shape index (κ3) is 6.58. The number of alkyl carbamates (subject to hydrolysis) is 1. The summed E-state index contributed by atoms with van der Waals surface area (Å²) in [6, 6.07) is 24.3. The number of carboxylic acid groups (broad SMARTS) is 1. The van der Waals surface area contributed by atoms with Crippen LogP contribution in [0.2, 0.25) is 0 Å². The normalized spacial score (nSPS) is 19.0. The highest BCUT2D eigenvalue weighted by Crippen LogP contribution is 2.44. The second kappa shape index (κ2) is 13.0. The van der Waals surface area contributed by atoms with Crippen LogP contribution < -0.4 is 10.6 Å². The Morgan fingerprint density at radius 2 is 1.59 bits per heavy atom. The summed E-state index contributed by atoms with van der Waals surface area (Å²) in [4.78, 5) is 37.6. The van der Waals surface area contributed by atoms with Crippen molar-refractivity contribution in [2.75, 3.05) is 19.8 Å². The molecule has 3 N–H and O–H groups in total. The van der Waals surface area contributed by atoms with E-state index in [9.17, 15) is 19.5 Å². The Morgan fingerprint density at radius 3 is 2.24 bits per heavy atom. The number of rotatable bonds is 11. The molecule has 0 unspecified atom stereocenters. The number of benzene rings is 3. The van der Waals surface area contributed by atoms with E-state index in [-0.39, 0.29) is 31.6 Å². The summed E-state index contributed by atoms with van der Waals surface area (Å²) in [5.41, 5.74) is 5.44. The minimum absolute atomic E-state index is 0.0551. The van der Waals surface area contributed by atoms with Gasteiger partial charge in [0.1, 0.15) is 12.7 Å².